The summed E-state index contributed by atoms with van der Waals surface area (Å²) >= 11 is 2.81. The lowest BCUT2D eigenvalue weighted by Crippen LogP contribution is -2.23. The molecule has 3 N–H and O–H groups in total. The minimum atomic E-state index is -0.374. The van der Waals surface area contributed by atoms with E-state index in [0.717, 1.165) is 27.0 Å². The van der Waals surface area contributed by atoms with Gasteiger partial charge < -0.3 is 11.1 Å². The van der Waals surface area contributed by atoms with Gasteiger partial charge in [-0.1, -0.05) is 60.3 Å². The molecule has 2 aromatic carbocycles. The summed E-state index contributed by atoms with van der Waals surface area (Å²) in [5.41, 5.74) is 8.82. The highest BCUT2D eigenvalue weighted by molar-refractivity contribution is 8.00. The average molecular weight is 407 g/mol. The predicted octanol–water partition coefficient (Wildman–Crippen LogP) is 5.06. The van der Waals surface area contributed by atoms with Crippen molar-refractivity contribution >= 4 is 50.7 Å². The van der Waals surface area contributed by atoms with E-state index < -0.39 is 0 Å². The molecule has 0 fully saturated rings. The first-order valence-electron chi connectivity index (χ1n) is 8.74. The number of nitrogens with two attached hydrogens (primary N) is 1. The first-order valence-corrected chi connectivity index (χ1v) is 10.5. The Labute approximate surface area is 171 Å². The van der Waals surface area contributed by atoms with Crippen LogP contribution in [0.3, 0.4) is 0 Å². The van der Waals surface area contributed by atoms with E-state index >= 15 is 0 Å². The van der Waals surface area contributed by atoms with Gasteiger partial charge >= 0.3 is 0 Å². The summed E-state index contributed by atoms with van der Waals surface area (Å²) in [5, 5.41) is 5.94. The van der Waals surface area contributed by atoms with Gasteiger partial charge in [0.1, 0.15) is 10.6 Å². The van der Waals surface area contributed by atoms with Crippen molar-refractivity contribution in [2.24, 2.45) is 0 Å². The van der Waals surface area contributed by atoms with Crippen molar-refractivity contribution in [3.05, 3.63) is 66.0 Å². The number of para-hydroxylation sites is 1. The van der Waals surface area contributed by atoms with E-state index in [1.54, 1.807) is 0 Å². The number of anilines is 2. The molecule has 0 aliphatic heterocycles. The largest absolute Gasteiger partial charge is 0.383 e. The molecule has 5 nitrogen and oxygen atoms in total. The Kier molecular flexibility index (Phi) is 5.27. The summed E-state index contributed by atoms with van der Waals surface area (Å²) in [6, 6.07) is 19.7. The zero-order valence-corrected chi connectivity index (χ0v) is 16.8. The highest BCUT2D eigenvalue weighted by Gasteiger charge is 2.19. The molecule has 0 aliphatic carbocycles. The maximum atomic E-state index is 12.8. The number of rotatable bonds is 5. The molecule has 1 atom stereocenters. The molecule has 2 aromatic heterocycles. The van der Waals surface area contributed by atoms with Gasteiger partial charge in [-0.3, -0.25) is 4.79 Å². The molecule has 0 bridgehead atoms. The van der Waals surface area contributed by atoms with Crippen molar-refractivity contribution in [1.82, 2.24) is 9.97 Å². The summed E-state index contributed by atoms with van der Waals surface area (Å²) in [4.78, 5) is 22.4. The van der Waals surface area contributed by atoms with Gasteiger partial charge in [0.05, 0.1) is 10.6 Å². The lowest BCUT2D eigenvalue weighted by Gasteiger charge is -2.14. The molecule has 1 unspecified atom stereocenters. The number of nitrogens with zero attached hydrogens (tertiary/aromatic N) is 2. The van der Waals surface area contributed by atoms with Crippen LogP contribution in [-0.2, 0) is 4.79 Å². The van der Waals surface area contributed by atoms with E-state index in [1.165, 1.54) is 23.1 Å². The number of amides is 1. The zero-order valence-electron chi connectivity index (χ0n) is 15.1. The molecule has 1 amide bonds. The molecular formula is C21H18N4OS2. The second-order valence-corrected chi connectivity index (χ2v) is 8.39. The number of thiophene rings is 1. The van der Waals surface area contributed by atoms with Gasteiger partial charge in [-0.05, 0) is 30.0 Å². The van der Waals surface area contributed by atoms with Crippen molar-refractivity contribution in [2.75, 3.05) is 11.1 Å². The van der Waals surface area contributed by atoms with E-state index in [9.17, 15) is 4.79 Å². The van der Waals surface area contributed by atoms with Gasteiger partial charge in [-0.15, -0.1) is 11.3 Å². The fraction of sp³-hybridized carbons (Fsp3) is 0.0952. The van der Waals surface area contributed by atoms with E-state index in [4.69, 9.17) is 5.73 Å². The first kappa shape index (κ1) is 18.5. The summed E-state index contributed by atoms with van der Waals surface area (Å²) in [5.74, 6) is 0.331. The molecule has 2 heterocycles. The minimum Gasteiger partial charge on any atom is -0.383 e. The Morgan fingerprint density at radius 1 is 1.07 bits per heavy atom. The van der Waals surface area contributed by atoms with Crippen LogP contribution in [0.4, 0.5) is 11.5 Å². The van der Waals surface area contributed by atoms with E-state index in [0.29, 0.717) is 11.0 Å². The zero-order chi connectivity index (χ0) is 19.5. The number of nitrogens with one attached hydrogen (secondary N) is 1. The minimum absolute atomic E-state index is 0.109. The molecule has 0 saturated carbocycles. The number of benzene rings is 2. The smallest absolute Gasteiger partial charge is 0.237 e. The molecule has 0 aliphatic rings. The Bertz CT molecular complexity index is 1130. The van der Waals surface area contributed by atoms with Gasteiger partial charge in [0.25, 0.3) is 0 Å². The number of hydrogen-bond donors (Lipinski definition) is 2. The number of carbonyl (C=O) groups excluding carboxylic acids is 1. The van der Waals surface area contributed by atoms with Crippen LogP contribution in [0.2, 0.25) is 0 Å². The van der Waals surface area contributed by atoms with Gasteiger partial charge in [0.2, 0.25) is 5.91 Å². The van der Waals surface area contributed by atoms with Crippen LogP contribution in [0.1, 0.15) is 6.92 Å². The number of fused-ring (bicyclic) bond motifs is 1. The Balaban J connectivity index is 1.52. The van der Waals surface area contributed by atoms with Crippen LogP contribution in [0.15, 0.2) is 71.2 Å². The van der Waals surface area contributed by atoms with Crippen molar-refractivity contribution in [3.63, 3.8) is 0 Å². The van der Waals surface area contributed by atoms with E-state index in [1.807, 2.05) is 73.0 Å². The van der Waals surface area contributed by atoms with Crippen LogP contribution in [0, 0.1) is 0 Å². The highest BCUT2D eigenvalue weighted by atomic mass is 32.2. The first-order chi connectivity index (χ1) is 13.6. The third kappa shape index (κ3) is 3.85. The summed E-state index contributed by atoms with van der Waals surface area (Å²) in [7, 11) is 0. The van der Waals surface area contributed by atoms with Gasteiger partial charge in [0.15, 0.2) is 5.16 Å². The summed E-state index contributed by atoms with van der Waals surface area (Å²) in [6.07, 6.45) is 0. The van der Waals surface area contributed by atoms with Crippen molar-refractivity contribution in [3.8, 4) is 11.1 Å². The SMILES string of the molecule is CC(Sc1nc(N)c2ccsc2n1)C(=O)Nc1ccccc1-c1ccccc1. The molecule has 4 aromatic rings. The lowest BCUT2D eigenvalue weighted by atomic mass is 10.0. The second kappa shape index (κ2) is 8.00. The number of thioether (sulfide) groups is 1. The topological polar surface area (TPSA) is 80.9 Å². The fourth-order valence-corrected chi connectivity index (χ4v) is 4.42. The number of aromatic nitrogens is 2. The average Bonchev–Trinajstić information content (AvgIpc) is 3.18. The predicted molar refractivity (Wildman–Crippen MR) is 118 cm³/mol. The molecule has 28 heavy (non-hydrogen) atoms. The van der Waals surface area contributed by atoms with Crippen LogP contribution >= 0.6 is 23.1 Å². The third-order valence-electron chi connectivity index (χ3n) is 4.26. The fourth-order valence-electron chi connectivity index (χ4n) is 2.82. The van der Waals surface area contributed by atoms with Crippen LogP contribution in [0.5, 0.6) is 0 Å². The van der Waals surface area contributed by atoms with E-state index in [-0.39, 0.29) is 11.2 Å². The molecular weight excluding hydrogens is 388 g/mol. The molecule has 0 saturated heterocycles. The van der Waals surface area contributed by atoms with Gasteiger partial charge in [-0.25, -0.2) is 9.97 Å². The lowest BCUT2D eigenvalue weighted by molar-refractivity contribution is -0.115. The van der Waals surface area contributed by atoms with Crippen LogP contribution in [-0.4, -0.2) is 21.1 Å². The van der Waals surface area contributed by atoms with Crippen LogP contribution < -0.4 is 11.1 Å². The molecule has 0 spiro atoms. The molecule has 0 radical (unpaired) electrons. The monoisotopic (exact) mass is 406 g/mol. The van der Waals surface area contributed by atoms with Gasteiger partial charge in [0, 0.05) is 11.3 Å². The maximum Gasteiger partial charge on any atom is 0.237 e. The number of carbonyl (C=O) groups is 1. The normalized spacial score (nSPS) is 12.0. The summed E-state index contributed by atoms with van der Waals surface area (Å²) < 4.78 is 0. The van der Waals surface area contributed by atoms with E-state index in [2.05, 4.69) is 15.3 Å². The van der Waals surface area contributed by atoms with Crippen molar-refractivity contribution in [1.29, 1.82) is 0 Å². The van der Waals surface area contributed by atoms with Crippen molar-refractivity contribution in [2.45, 2.75) is 17.3 Å². The van der Waals surface area contributed by atoms with Gasteiger partial charge in [-0.2, -0.15) is 0 Å². The maximum absolute atomic E-state index is 12.8. The second-order valence-electron chi connectivity index (χ2n) is 6.19. The summed E-state index contributed by atoms with van der Waals surface area (Å²) in [6.45, 7) is 1.84. The molecule has 4 rings (SSSR count). The highest BCUT2D eigenvalue weighted by Crippen LogP contribution is 2.30. The van der Waals surface area contributed by atoms with Crippen molar-refractivity contribution < 1.29 is 4.79 Å². The number of nitrogen functional groups attached to an aromatic ring is 1. The quantitative estimate of drug-likeness (QED) is 0.358. The Morgan fingerprint density at radius 2 is 1.82 bits per heavy atom. The Morgan fingerprint density at radius 3 is 2.64 bits per heavy atom. The number of hydrogen-bond acceptors (Lipinski definition) is 6. The van der Waals surface area contributed by atoms with Crippen LogP contribution in [0.25, 0.3) is 21.3 Å². The molecule has 7 heteroatoms. The Hall–Kier alpha value is -2.90. The molecule has 140 valence electrons. The third-order valence-corrected chi connectivity index (χ3v) is 6.02. The standard InChI is InChI=1S/C21H18N4OS2/c1-13(28-21-24-18(22)16-11-12-27-20(16)25-21)19(26)23-17-10-6-5-9-15(17)14-7-3-2-4-8-14/h2-13H,1H3,(H,23,26)(H2,22,24,25).